The van der Waals surface area contributed by atoms with Crippen molar-refractivity contribution in [2.45, 2.75) is 0 Å². The Morgan fingerprint density at radius 1 is 1.10 bits per heavy atom. The summed E-state index contributed by atoms with van der Waals surface area (Å²) in [5, 5.41) is 1.03. The Hall–Kier alpha value is -1.49. The van der Waals surface area contributed by atoms with Gasteiger partial charge in [-0.1, -0.05) is 34.8 Å². The molecule has 0 radical (unpaired) electrons. The average Bonchev–Trinajstić information content (AvgIpc) is 2.39. The number of halogens is 3. The number of carbonyl (C=O) groups excluding carboxylic acids is 1. The molecule has 0 saturated heterocycles. The predicted molar refractivity (Wildman–Crippen MR) is 77.1 cm³/mol. The first-order chi connectivity index (χ1) is 9.49. The molecule has 0 amide bonds. The van der Waals surface area contributed by atoms with Gasteiger partial charge in [-0.25, -0.2) is 9.78 Å². The van der Waals surface area contributed by atoms with Crippen molar-refractivity contribution in [2.75, 3.05) is 7.11 Å². The van der Waals surface area contributed by atoms with Crippen LogP contribution in [-0.4, -0.2) is 18.1 Å². The van der Waals surface area contributed by atoms with Gasteiger partial charge >= 0.3 is 5.97 Å². The molecule has 0 saturated carbocycles. The molecule has 1 heterocycles. The zero-order chi connectivity index (χ0) is 14.7. The first kappa shape index (κ1) is 14.9. The van der Waals surface area contributed by atoms with E-state index in [0.29, 0.717) is 15.8 Å². The molecule has 2 rings (SSSR count). The zero-order valence-electron chi connectivity index (χ0n) is 10.2. The number of ether oxygens (including phenoxy) is 2. The molecule has 0 aliphatic rings. The van der Waals surface area contributed by atoms with Crippen LogP contribution in [0, 0.1) is 0 Å². The molecule has 1 aromatic carbocycles. The number of hydrogen-bond donors (Lipinski definition) is 0. The first-order valence-electron chi connectivity index (χ1n) is 5.38. The highest BCUT2D eigenvalue weighted by atomic mass is 35.5. The Morgan fingerprint density at radius 3 is 2.35 bits per heavy atom. The van der Waals surface area contributed by atoms with E-state index in [4.69, 9.17) is 39.5 Å². The number of esters is 1. The minimum absolute atomic E-state index is 0.0280. The molecule has 1 aromatic heterocycles. The second-order valence-corrected chi connectivity index (χ2v) is 4.96. The van der Waals surface area contributed by atoms with E-state index in [0.717, 1.165) is 0 Å². The number of pyridine rings is 1. The SMILES string of the molecule is COC(=O)c1nc(Oc2cc(Cl)cc(Cl)c2)ccc1Cl. The third-order valence-electron chi connectivity index (χ3n) is 2.26. The topological polar surface area (TPSA) is 48.4 Å². The standard InChI is InChI=1S/C13H8Cl3NO3/c1-19-13(18)12-10(16)2-3-11(17-12)20-9-5-7(14)4-8(15)6-9/h2-6H,1H3. The molecular weight excluding hydrogens is 325 g/mol. The van der Waals surface area contributed by atoms with Gasteiger partial charge in [0.1, 0.15) is 5.75 Å². The summed E-state index contributed by atoms with van der Waals surface area (Å²) in [5.74, 6) is -0.0779. The van der Waals surface area contributed by atoms with Gasteiger partial charge < -0.3 is 9.47 Å². The Balaban J connectivity index is 2.32. The van der Waals surface area contributed by atoms with E-state index in [9.17, 15) is 4.79 Å². The number of carbonyl (C=O) groups is 1. The van der Waals surface area contributed by atoms with Crippen molar-refractivity contribution in [3.8, 4) is 11.6 Å². The van der Waals surface area contributed by atoms with Crippen LogP contribution in [0.3, 0.4) is 0 Å². The van der Waals surface area contributed by atoms with Crippen molar-refractivity contribution < 1.29 is 14.3 Å². The number of hydrogen-bond acceptors (Lipinski definition) is 4. The van der Waals surface area contributed by atoms with Crippen LogP contribution in [-0.2, 0) is 4.74 Å². The Labute approximate surface area is 130 Å². The van der Waals surface area contributed by atoms with Crippen LogP contribution in [0.15, 0.2) is 30.3 Å². The number of aromatic nitrogens is 1. The maximum Gasteiger partial charge on any atom is 0.358 e. The minimum Gasteiger partial charge on any atom is -0.464 e. The summed E-state index contributed by atoms with van der Waals surface area (Å²) in [4.78, 5) is 15.5. The zero-order valence-corrected chi connectivity index (χ0v) is 12.5. The van der Waals surface area contributed by atoms with Crippen molar-refractivity contribution in [2.24, 2.45) is 0 Å². The predicted octanol–water partition coefficient (Wildman–Crippen LogP) is 4.62. The van der Waals surface area contributed by atoms with Crippen LogP contribution in [0.1, 0.15) is 10.5 Å². The summed E-state index contributed by atoms with van der Waals surface area (Å²) >= 11 is 17.6. The number of nitrogens with zero attached hydrogens (tertiary/aromatic N) is 1. The lowest BCUT2D eigenvalue weighted by Gasteiger charge is -2.08. The van der Waals surface area contributed by atoms with E-state index >= 15 is 0 Å². The molecule has 104 valence electrons. The van der Waals surface area contributed by atoms with Crippen molar-refractivity contribution in [1.82, 2.24) is 4.98 Å². The molecule has 0 aliphatic carbocycles. The van der Waals surface area contributed by atoms with E-state index < -0.39 is 5.97 Å². The second kappa shape index (κ2) is 6.31. The number of rotatable bonds is 3. The summed E-state index contributed by atoms with van der Waals surface area (Å²) in [6.45, 7) is 0. The third kappa shape index (κ3) is 3.54. The molecule has 0 fully saturated rings. The lowest BCUT2D eigenvalue weighted by molar-refractivity contribution is 0.0593. The smallest absolute Gasteiger partial charge is 0.358 e. The molecule has 0 aliphatic heterocycles. The van der Waals surface area contributed by atoms with Crippen LogP contribution >= 0.6 is 34.8 Å². The Morgan fingerprint density at radius 2 is 1.75 bits per heavy atom. The monoisotopic (exact) mass is 331 g/mol. The van der Waals surface area contributed by atoms with Crippen LogP contribution in [0.2, 0.25) is 15.1 Å². The molecule has 0 unspecified atom stereocenters. The van der Waals surface area contributed by atoms with E-state index in [1.54, 1.807) is 18.2 Å². The van der Waals surface area contributed by atoms with Crippen molar-refractivity contribution in [1.29, 1.82) is 0 Å². The highest BCUT2D eigenvalue weighted by Crippen LogP contribution is 2.28. The van der Waals surface area contributed by atoms with Crippen molar-refractivity contribution in [3.63, 3.8) is 0 Å². The van der Waals surface area contributed by atoms with Gasteiger partial charge in [0.15, 0.2) is 5.69 Å². The van der Waals surface area contributed by atoms with Gasteiger partial charge in [-0.3, -0.25) is 0 Å². The molecule has 2 aromatic rings. The van der Waals surface area contributed by atoms with Crippen LogP contribution < -0.4 is 4.74 Å². The summed E-state index contributed by atoms with van der Waals surface area (Å²) in [7, 11) is 1.24. The van der Waals surface area contributed by atoms with E-state index in [2.05, 4.69) is 9.72 Å². The lowest BCUT2D eigenvalue weighted by Crippen LogP contribution is -2.05. The third-order valence-corrected chi connectivity index (χ3v) is 3.00. The van der Waals surface area contributed by atoms with Gasteiger partial charge in [-0.15, -0.1) is 0 Å². The van der Waals surface area contributed by atoms with E-state index in [1.807, 2.05) is 0 Å². The summed E-state index contributed by atoms with van der Waals surface area (Å²) < 4.78 is 10.1. The molecule has 7 heteroatoms. The summed E-state index contributed by atoms with van der Waals surface area (Å²) in [6, 6.07) is 7.72. The highest BCUT2D eigenvalue weighted by molar-refractivity contribution is 6.34. The molecule has 0 atom stereocenters. The molecular formula is C13H8Cl3NO3. The fourth-order valence-corrected chi connectivity index (χ4v) is 2.12. The number of benzene rings is 1. The summed E-state index contributed by atoms with van der Waals surface area (Å²) in [5.41, 5.74) is -0.0280. The van der Waals surface area contributed by atoms with Crippen molar-refractivity contribution >= 4 is 40.8 Å². The number of methoxy groups -OCH3 is 1. The highest BCUT2D eigenvalue weighted by Gasteiger charge is 2.14. The lowest BCUT2D eigenvalue weighted by atomic mass is 10.3. The minimum atomic E-state index is -0.649. The fraction of sp³-hybridized carbons (Fsp3) is 0.0769. The largest absolute Gasteiger partial charge is 0.464 e. The van der Waals surface area contributed by atoms with Crippen molar-refractivity contribution in [3.05, 3.63) is 51.1 Å². The van der Waals surface area contributed by atoms with E-state index in [-0.39, 0.29) is 16.6 Å². The average molecular weight is 333 g/mol. The maximum absolute atomic E-state index is 11.5. The fourth-order valence-electron chi connectivity index (χ4n) is 1.43. The Bertz CT molecular complexity index is 641. The van der Waals surface area contributed by atoms with Gasteiger partial charge in [-0.2, -0.15) is 0 Å². The molecule has 0 bridgehead atoms. The Kier molecular flexibility index (Phi) is 4.70. The molecule has 4 nitrogen and oxygen atoms in total. The first-order valence-corrected chi connectivity index (χ1v) is 6.52. The molecule has 20 heavy (non-hydrogen) atoms. The van der Waals surface area contributed by atoms with Crippen LogP contribution in [0.4, 0.5) is 0 Å². The van der Waals surface area contributed by atoms with Crippen LogP contribution in [0.25, 0.3) is 0 Å². The van der Waals surface area contributed by atoms with Gasteiger partial charge in [0, 0.05) is 16.1 Å². The quantitative estimate of drug-likeness (QED) is 0.769. The van der Waals surface area contributed by atoms with Gasteiger partial charge in [-0.05, 0) is 24.3 Å². The van der Waals surface area contributed by atoms with Crippen LogP contribution in [0.5, 0.6) is 11.6 Å². The maximum atomic E-state index is 11.5. The van der Waals surface area contributed by atoms with Gasteiger partial charge in [0.2, 0.25) is 5.88 Å². The van der Waals surface area contributed by atoms with Gasteiger partial charge in [0.25, 0.3) is 0 Å². The normalized spacial score (nSPS) is 10.2. The van der Waals surface area contributed by atoms with Gasteiger partial charge in [0.05, 0.1) is 12.1 Å². The second-order valence-electron chi connectivity index (χ2n) is 3.68. The molecule has 0 spiro atoms. The van der Waals surface area contributed by atoms with E-state index in [1.165, 1.54) is 19.2 Å². The summed E-state index contributed by atoms with van der Waals surface area (Å²) in [6.07, 6.45) is 0. The molecule has 0 N–H and O–H groups in total.